The maximum absolute atomic E-state index is 5.91. The second-order valence-corrected chi connectivity index (χ2v) is 5.43. The van der Waals surface area contributed by atoms with E-state index in [-0.39, 0.29) is 0 Å². The molecule has 0 heterocycles. The SMILES string of the molecule is CCc1cccc(NC(N)=NCc2cccc(Br)c2)c1. The first-order valence-corrected chi connectivity index (χ1v) is 7.37. The molecule has 0 aliphatic rings. The number of hydrogen-bond acceptors (Lipinski definition) is 1. The van der Waals surface area contributed by atoms with E-state index in [1.54, 1.807) is 0 Å². The highest BCUT2D eigenvalue weighted by Gasteiger charge is 1.97. The summed E-state index contributed by atoms with van der Waals surface area (Å²) in [4.78, 5) is 4.35. The van der Waals surface area contributed by atoms with Crippen LogP contribution in [0.25, 0.3) is 0 Å². The molecule has 0 spiro atoms. The number of nitrogens with two attached hydrogens (primary N) is 1. The predicted molar refractivity (Wildman–Crippen MR) is 88.9 cm³/mol. The van der Waals surface area contributed by atoms with Gasteiger partial charge >= 0.3 is 0 Å². The fraction of sp³-hybridized carbons (Fsp3) is 0.188. The monoisotopic (exact) mass is 331 g/mol. The highest BCUT2D eigenvalue weighted by Crippen LogP contribution is 2.13. The molecule has 0 bridgehead atoms. The number of hydrogen-bond donors (Lipinski definition) is 2. The van der Waals surface area contributed by atoms with Gasteiger partial charge in [0, 0.05) is 10.2 Å². The van der Waals surface area contributed by atoms with Crippen molar-refractivity contribution in [3.63, 3.8) is 0 Å². The van der Waals surface area contributed by atoms with Crippen LogP contribution in [-0.2, 0) is 13.0 Å². The maximum atomic E-state index is 5.91. The third-order valence-electron chi connectivity index (χ3n) is 2.93. The Morgan fingerprint density at radius 1 is 1.15 bits per heavy atom. The first-order valence-electron chi connectivity index (χ1n) is 6.57. The van der Waals surface area contributed by atoms with Gasteiger partial charge in [-0.05, 0) is 41.8 Å². The van der Waals surface area contributed by atoms with E-state index in [0.29, 0.717) is 12.5 Å². The van der Waals surface area contributed by atoms with Gasteiger partial charge < -0.3 is 11.1 Å². The average molecular weight is 332 g/mol. The van der Waals surface area contributed by atoms with Crippen molar-refractivity contribution < 1.29 is 0 Å². The summed E-state index contributed by atoms with van der Waals surface area (Å²) >= 11 is 3.44. The lowest BCUT2D eigenvalue weighted by Crippen LogP contribution is -2.22. The summed E-state index contributed by atoms with van der Waals surface area (Å²) in [6, 6.07) is 16.2. The van der Waals surface area contributed by atoms with Gasteiger partial charge in [-0.1, -0.05) is 47.1 Å². The Morgan fingerprint density at radius 3 is 2.65 bits per heavy atom. The first-order chi connectivity index (χ1) is 9.67. The molecule has 2 aromatic rings. The van der Waals surface area contributed by atoms with Crippen LogP contribution in [0.15, 0.2) is 58.0 Å². The van der Waals surface area contributed by atoms with Crippen LogP contribution < -0.4 is 11.1 Å². The summed E-state index contributed by atoms with van der Waals surface area (Å²) in [6.45, 7) is 2.69. The van der Waals surface area contributed by atoms with Crippen molar-refractivity contribution >= 4 is 27.6 Å². The average Bonchev–Trinajstić information content (AvgIpc) is 2.45. The van der Waals surface area contributed by atoms with Gasteiger partial charge in [-0.25, -0.2) is 4.99 Å². The largest absolute Gasteiger partial charge is 0.370 e. The number of halogens is 1. The zero-order valence-electron chi connectivity index (χ0n) is 11.4. The summed E-state index contributed by atoms with van der Waals surface area (Å²) in [5.74, 6) is 0.429. The Morgan fingerprint density at radius 2 is 1.90 bits per heavy atom. The lowest BCUT2D eigenvalue weighted by molar-refractivity contribution is 1.06. The van der Waals surface area contributed by atoms with Crippen molar-refractivity contribution in [2.45, 2.75) is 19.9 Å². The molecule has 3 N–H and O–H groups in total. The Hall–Kier alpha value is -1.81. The minimum Gasteiger partial charge on any atom is -0.370 e. The molecule has 0 atom stereocenters. The zero-order chi connectivity index (χ0) is 14.4. The summed E-state index contributed by atoms with van der Waals surface area (Å²) in [6.07, 6.45) is 1.00. The molecule has 104 valence electrons. The van der Waals surface area contributed by atoms with E-state index in [2.05, 4.69) is 45.3 Å². The van der Waals surface area contributed by atoms with Crippen LogP contribution >= 0.6 is 15.9 Å². The number of aliphatic imine (C=N–C) groups is 1. The second kappa shape index (κ2) is 7.10. The van der Waals surface area contributed by atoms with Gasteiger partial charge in [0.05, 0.1) is 6.54 Å². The van der Waals surface area contributed by atoms with Gasteiger partial charge in [-0.3, -0.25) is 0 Å². The van der Waals surface area contributed by atoms with Gasteiger partial charge in [-0.15, -0.1) is 0 Å². The third kappa shape index (κ3) is 4.38. The normalized spacial score (nSPS) is 11.4. The smallest absolute Gasteiger partial charge is 0.193 e. The van der Waals surface area contributed by atoms with E-state index >= 15 is 0 Å². The Labute approximate surface area is 128 Å². The second-order valence-electron chi connectivity index (χ2n) is 4.51. The van der Waals surface area contributed by atoms with Crippen molar-refractivity contribution in [2.24, 2.45) is 10.7 Å². The van der Waals surface area contributed by atoms with Crippen LogP contribution in [0.2, 0.25) is 0 Å². The zero-order valence-corrected chi connectivity index (χ0v) is 13.0. The molecule has 0 saturated heterocycles. The quantitative estimate of drug-likeness (QED) is 0.658. The summed E-state index contributed by atoms with van der Waals surface area (Å²) in [7, 11) is 0. The molecule has 20 heavy (non-hydrogen) atoms. The standard InChI is InChI=1S/C16H18BrN3/c1-2-12-5-4-8-15(10-12)20-16(18)19-11-13-6-3-7-14(17)9-13/h3-10H,2,11H2,1H3,(H3,18,19,20). The molecule has 0 aliphatic heterocycles. The van der Waals surface area contributed by atoms with Gasteiger partial charge in [0.2, 0.25) is 0 Å². The fourth-order valence-corrected chi connectivity index (χ4v) is 2.31. The number of anilines is 1. The first kappa shape index (κ1) is 14.6. The molecule has 2 aromatic carbocycles. The summed E-state index contributed by atoms with van der Waals surface area (Å²) in [5, 5.41) is 3.12. The summed E-state index contributed by atoms with van der Waals surface area (Å²) < 4.78 is 1.05. The molecule has 0 aromatic heterocycles. The molecule has 0 aliphatic carbocycles. The van der Waals surface area contributed by atoms with E-state index < -0.39 is 0 Å². The molecule has 0 saturated carbocycles. The number of nitrogens with one attached hydrogen (secondary N) is 1. The highest BCUT2D eigenvalue weighted by molar-refractivity contribution is 9.10. The lowest BCUT2D eigenvalue weighted by Gasteiger charge is -2.07. The van der Waals surface area contributed by atoms with Crippen LogP contribution in [0.5, 0.6) is 0 Å². The maximum Gasteiger partial charge on any atom is 0.193 e. The molecule has 0 radical (unpaired) electrons. The molecule has 3 nitrogen and oxygen atoms in total. The summed E-state index contributed by atoms with van der Waals surface area (Å²) in [5.41, 5.74) is 9.27. The van der Waals surface area contributed by atoms with Gasteiger partial charge in [-0.2, -0.15) is 0 Å². The van der Waals surface area contributed by atoms with Gasteiger partial charge in [0.15, 0.2) is 5.96 Å². The van der Waals surface area contributed by atoms with Crippen molar-refractivity contribution in [3.8, 4) is 0 Å². The topological polar surface area (TPSA) is 50.4 Å². The molecule has 0 unspecified atom stereocenters. The molecule has 0 fully saturated rings. The lowest BCUT2D eigenvalue weighted by atomic mass is 10.1. The van der Waals surface area contributed by atoms with E-state index in [4.69, 9.17) is 5.73 Å². The Bertz CT molecular complexity index is 608. The van der Waals surface area contributed by atoms with Crippen LogP contribution in [0, 0.1) is 0 Å². The number of aryl methyl sites for hydroxylation is 1. The highest BCUT2D eigenvalue weighted by atomic mass is 79.9. The van der Waals surface area contributed by atoms with E-state index in [0.717, 1.165) is 22.1 Å². The van der Waals surface area contributed by atoms with Crippen molar-refractivity contribution in [2.75, 3.05) is 5.32 Å². The molecule has 2 rings (SSSR count). The number of rotatable bonds is 4. The number of guanidine groups is 1. The molecule has 0 amide bonds. The third-order valence-corrected chi connectivity index (χ3v) is 3.42. The van der Waals surface area contributed by atoms with Crippen LogP contribution in [0.4, 0.5) is 5.69 Å². The fourth-order valence-electron chi connectivity index (χ4n) is 1.87. The van der Waals surface area contributed by atoms with Gasteiger partial charge in [0.1, 0.15) is 0 Å². The van der Waals surface area contributed by atoms with E-state index in [1.807, 2.05) is 36.4 Å². The Kier molecular flexibility index (Phi) is 5.18. The number of nitrogens with zero attached hydrogens (tertiary/aromatic N) is 1. The predicted octanol–water partition coefficient (Wildman–Crippen LogP) is 3.94. The van der Waals surface area contributed by atoms with E-state index in [9.17, 15) is 0 Å². The minimum absolute atomic E-state index is 0.429. The van der Waals surface area contributed by atoms with Crippen LogP contribution in [-0.4, -0.2) is 5.96 Å². The molecular weight excluding hydrogens is 314 g/mol. The minimum atomic E-state index is 0.429. The van der Waals surface area contributed by atoms with Crippen molar-refractivity contribution in [1.82, 2.24) is 0 Å². The van der Waals surface area contributed by atoms with Crippen LogP contribution in [0.1, 0.15) is 18.1 Å². The van der Waals surface area contributed by atoms with E-state index in [1.165, 1.54) is 5.56 Å². The van der Waals surface area contributed by atoms with Crippen LogP contribution in [0.3, 0.4) is 0 Å². The van der Waals surface area contributed by atoms with Gasteiger partial charge in [0.25, 0.3) is 0 Å². The van der Waals surface area contributed by atoms with Crippen molar-refractivity contribution in [3.05, 3.63) is 64.1 Å². The molecular formula is C16H18BrN3. The number of benzene rings is 2. The molecule has 4 heteroatoms. The van der Waals surface area contributed by atoms with Crippen molar-refractivity contribution in [1.29, 1.82) is 0 Å². The Balaban J connectivity index is 2.00.